The number of carbonyl (C=O) groups excluding carboxylic acids is 4. The van der Waals surface area contributed by atoms with Gasteiger partial charge in [-0.05, 0) is 51.1 Å². The highest BCUT2D eigenvalue weighted by Crippen LogP contribution is 2.27. The molecule has 1 aliphatic heterocycles. The molecule has 3 heterocycles. The molecule has 0 aliphatic carbocycles. The molecule has 4 amide bonds. The Morgan fingerprint density at radius 1 is 0.933 bits per heavy atom. The lowest BCUT2D eigenvalue weighted by atomic mass is 10.0. The lowest BCUT2D eigenvalue weighted by Gasteiger charge is -2.26. The average Bonchev–Trinajstić information content (AvgIpc) is 3.72. The summed E-state index contributed by atoms with van der Waals surface area (Å²) < 4.78 is 0. The van der Waals surface area contributed by atoms with Crippen LogP contribution in [0.15, 0.2) is 41.1 Å². The Morgan fingerprint density at radius 2 is 1.58 bits per heavy atom. The fourth-order valence-corrected chi connectivity index (χ4v) is 6.78. The minimum atomic E-state index is -0.481. The molecule has 0 saturated heterocycles. The van der Waals surface area contributed by atoms with Crippen LogP contribution in [-0.4, -0.2) is 71.2 Å². The Kier molecular flexibility index (Phi) is 12.6. The van der Waals surface area contributed by atoms with E-state index in [4.69, 9.17) is 0 Å². The van der Waals surface area contributed by atoms with Crippen LogP contribution in [-0.2, 0) is 16.0 Å². The van der Waals surface area contributed by atoms with Gasteiger partial charge in [-0.2, -0.15) is 0 Å². The van der Waals surface area contributed by atoms with Gasteiger partial charge in [-0.25, -0.2) is 9.97 Å². The number of hydrogen-bond donors (Lipinski definition) is 4. The quantitative estimate of drug-likeness (QED) is 0.316. The van der Waals surface area contributed by atoms with Crippen molar-refractivity contribution in [2.24, 2.45) is 5.92 Å². The molecule has 4 bridgehead atoms. The van der Waals surface area contributed by atoms with Crippen molar-refractivity contribution < 1.29 is 19.2 Å². The fraction of sp³-hybridized carbons (Fsp3) is 0.500. The van der Waals surface area contributed by atoms with Gasteiger partial charge in [0.2, 0.25) is 11.8 Å². The molecule has 0 radical (unpaired) electrons. The van der Waals surface area contributed by atoms with Crippen LogP contribution < -0.4 is 21.3 Å². The summed E-state index contributed by atoms with van der Waals surface area (Å²) >= 11 is 2.66. The summed E-state index contributed by atoms with van der Waals surface area (Å²) in [6, 6.07) is 8.60. The molecule has 242 valence electrons. The molecule has 3 aromatic rings. The van der Waals surface area contributed by atoms with E-state index >= 15 is 0 Å². The van der Waals surface area contributed by atoms with E-state index in [0.29, 0.717) is 55.3 Å². The third kappa shape index (κ3) is 9.90. The minimum Gasteiger partial charge on any atom is -0.351 e. The topological polar surface area (TPSA) is 145 Å². The van der Waals surface area contributed by atoms with E-state index in [1.54, 1.807) is 29.6 Å². The van der Waals surface area contributed by atoms with Crippen LogP contribution in [0.4, 0.5) is 0 Å². The van der Waals surface area contributed by atoms with Gasteiger partial charge in [0, 0.05) is 36.8 Å². The first kappa shape index (κ1) is 34.2. The number of rotatable bonds is 6. The number of likely N-dealkylation sites (N-methyl/N-ethyl adjacent to an activating group) is 1. The molecular weight excluding hydrogens is 611 g/mol. The summed E-state index contributed by atoms with van der Waals surface area (Å²) in [6.45, 7) is 7.18. The van der Waals surface area contributed by atoms with Crippen molar-refractivity contribution in [1.29, 1.82) is 0 Å². The summed E-state index contributed by atoms with van der Waals surface area (Å²) in [6.07, 6.45) is 2.44. The highest BCUT2D eigenvalue weighted by atomic mass is 32.1. The molecule has 1 aromatic carbocycles. The second-order valence-electron chi connectivity index (χ2n) is 11.7. The van der Waals surface area contributed by atoms with Gasteiger partial charge in [0.15, 0.2) is 0 Å². The second kappa shape index (κ2) is 16.6. The highest BCUT2D eigenvalue weighted by Gasteiger charge is 2.26. The van der Waals surface area contributed by atoms with Crippen molar-refractivity contribution in [3.8, 4) is 0 Å². The maximum Gasteiger partial charge on any atom is 0.271 e. The molecule has 0 spiro atoms. The molecule has 13 heteroatoms. The Bertz CT molecular complexity index is 1440. The van der Waals surface area contributed by atoms with Crippen LogP contribution >= 0.6 is 22.7 Å². The van der Waals surface area contributed by atoms with Crippen LogP contribution in [0, 0.1) is 5.92 Å². The summed E-state index contributed by atoms with van der Waals surface area (Å²) in [5, 5.41) is 16.8. The minimum absolute atomic E-state index is 0.0543. The largest absolute Gasteiger partial charge is 0.351 e. The van der Waals surface area contributed by atoms with Crippen LogP contribution in [0.5, 0.6) is 0 Å². The number of carbonyl (C=O) groups is 4. The van der Waals surface area contributed by atoms with Crippen molar-refractivity contribution in [3.63, 3.8) is 0 Å². The normalized spacial score (nSPS) is 19.7. The molecule has 1 unspecified atom stereocenters. The lowest BCUT2D eigenvalue weighted by Crippen LogP contribution is -2.45. The van der Waals surface area contributed by atoms with Gasteiger partial charge in [0.05, 0.1) is 18.1 Å². The number of nitrogens with zero attached hydrogens (tertiary/aromatic N) is 3. The number of amides is 4. The summed E-state index contributed by atoms with van der Waals surface area (Å²) in [7, 11) is 1.74. The first-order chi connectivity index (χ1) is 21.6. The van der Waals surface area contributed by atoms with Gasteiger partial charge in [-0.15, -0.1) is 22.7 Å². The number of thiazole rings is 2. The lowest BCUT2D eigenvalue weighted by molar-refractivity contribution is -0.133. The standard InChI is InChI=1S/C32H43N7O4S2/c1-20(2)16-23-30-38-26(19-45-30)29(42)36-24(17-22-10-6-5-7-11-22)31-37-25(18-44-31)28(41)34-13-9-15-39(32(43)21(3)33-4)14-8-12-27(40)35-23/h5-7,10-11,18-21,23-24,33H,8-9,12-17H2,1-4H3,(H,34,41)(H,35,40)(H,36,42)/t21-,23?,24-/m0/s1. The molecule has 0 saturated carbocycles. The van der Waals surface area contributed by atoms with Crippen LogP contribution in [0.25, 0.3) is 0 Å². The summed E-state index contributed by atoms with van der Waals surface area (Å²) in [4.78, 5) is 63.6. The van der Waals surface area contributed by atoms with Gasteiger partial charge < -0.3 is 26.2 Å². The van der Waals surface area contributed by atoms with Crippen molar-refractivity contribution in [2.75, 3.05) is 26.7 Å². The summed E-state index contributed by atoms with van der Waals surface area (Å²) in [5.41, 5.74) is 1.56. The van der Waals surface area contributed by atoms with E-state index in [9.17, 15) is 19.2 Å². The zero-order valence-corrected chi connectivity index (χ0v) is 27.9. The van der Waals surface area contributed by atoms with Gasteiger partial charge in [0.1, 0.15) is 21.4 Å². The predicted octanol–water partition coefficient (Wildman–Crippen LogP) is 3.87. The molecule has 4 N–H and O–H groups in total. The molecule has 45 heavy (non-hydrogen) atoms. The van der Waals surface area contributed by atoms with E-state index in [-0.39, 0.29) is 59.4 Å². The third-order valence-corrected chi connectivity index (χ3v) is 9.49. The maximum absolute atomic E-state index is 13.5. The summed E-state index contributed by atoms with van der Waals surface area (Å²) in [5.74, 6) is -0.558. The van der Waals surface area contributed by atoms with E-state index < -0.39 is 6.04 Å². The van der Waals surface area contributed by atoms with Gasteiger partial charge in [-0.3, -0.25) is 19.2 Å². The molecule has 4 rings (SSSR count). The first-order valence-electron chi connectivity index (χ1n) is 15.4. The first-order valence-corrected chi connectivity index (χ1v) is 17.2. The van der Waals surface area contributed by atoms with Gasteiger partial charge in [-0.1, -0.05) is 44.2 Å². The van der Waals surface area contributed by atoms with Crippen molar-refractivity contribution in [2.45, 2.75) is 71.0 Å². The Hall–Kier alpha value is -3.68. The van der Waals surface area contributed by atoms with E-state index in [1.807, 2.05) is 30.3 Å². The average molecular weight is 654 g/mol. The van der Waals surface area contributed by atoms with Gasteiger partial charge >= 0.3 is 0 Å². The molecule has 11 nitrogen and oxygen atoms in total. The zero-order valence-electron chi connectivity index (χ0n) is 26.3. The molecule has 3 atom stereocenters. The SMILES string of the molecule is CN[C@@H](C)C(=O)N1CCCNC(=O)c2csc(n2)[C@H](Cc2ccccc2)NC(=O)c2csc(n2)C(CC(C)C)NC(=O)CCC1. The zero-order chi connectivity index (χ0) is 32.3. The Morgan fingerprint density at radius 3 is 2.24 bits per heavy atom. The highest BCUT2D eigenvalue weighted by molar-refractivity contribution is 7.10. The van der Waals surface area contributed by atoms with E-state index in [0.717, 1.165) is 5.56 Å². The number of benzene rings is 1. The molecular formula is C32H43N7O4S2. The van der Waals surface area contributed by atoms with E-state index in [2.05, 4.69) is 45.1 Å². The smallest absolute Gasteiger partial charge is 0.271 e. The molecule has 1 aliphatic rings. The van der Waals surface area contributed by atoms with Crippen molar-refractivity contribution >= 4 is 46.3 Å². The number of nitrogens with one attached hydrogen (secondary N) is 4. The monoisotopic (exact) mass is 653 g/mol. The van der Waals surface area contributed by atoms with Crippen molar-refractivity contribution in [3.05, 3.63) is 68.1 Å². The fourth-order valence-electron chi connectivity index (χ4n) is 5.07. The Labute approximate surface area is 272 Å². The number of fused-ring (bicyclic) bond motifs is 4. The Balaban J connectivity index is 1.62. The molecule has 0 fully saturated rings. The second-order valence-corrected chi connectivity index (χ2v) is 13.4. The third-order valence-electron chi connectivity index (χ3n) is 7.57. The number of hydrogen-bond acceptors (Lipinski definition) is 9. The predicted molar refractivity (Wildman–Crippen MR) is 176 cm³/mol. The van der Waals surface area contributed by atoms with Crippen LogP contribution in [0.3, 0.4) is 0 Å². The molecule has 2 aromatic heterocycles. The van der Waals surface area contributed by atoms with Crippen LogP contribution in [0.2, 0.25) is 0 Å². The van der Waals surface area contributed by atoms with Gasteiger partial charge in [0.25, 0.3) is 11.8 Å². The number of aromatic nitrogens is 2. The van der Waals surface area contributed by atoms with Crippen LogP contribution in [0.1, 0.15) is 95.1 Å². The van der Waals surface area contributed by atoms with Crippen molar-refractivity contribution in [1.82, 2.24) is 36.1 Å². The maximum atomic E-state index is 13.5. The van der Waals surface area contributed by atoms with E-state index in [1.165, 1.54) is 22.7 Å².